The third-order valence-corrected chi connectivity index (χ3v) is 9.73. The van der Waals surface area contributed by atoms with Gasteiger partial charge in [-0.15, -0.1) is 0 Å². The first-order valence-electron chi connectivity index (χ1n) is 17.6. The van der Waals surface area contributed by atoms with Gasteiger partial charge in [-0.2, -0.15) is 0 Å². The molecule has 13 heteroatoms. The Hall–Kier alpha value is -3.25. The maximum atomic E-state index is 10.7. The molecule has 2 aliphatic rings. The van der Waals surface area contributed by atoms with E-state index in [0.29, 0.717) is 0 Å². The third-order valence-electron chi connectivity index (χ3n) is 9.73. The van der Waals surface area contributed by atoms with Crippen LogP contribution in [-0.2, 0) is 38.8 Å². The van der Waals surface area contributed by atoms with Gasteiger partial charge < -0.3 is 44.0 Å². The molecular weight excluding hydrogens is 819 g/mol. The van der Waals surface area contributed by atoms with Gasteiger partial charge in [0.05, 0.1) is 17.6 Å². The van der Waals surface area contributed by atoms with Crippen LogP contribution in [0.1, 0.15) is 33.4 Å². The van der Waals surface area contributed by atoms with Gasteiger partial charge in [0.1, 0.15) is 0 Å². The number of aromatic nitrogens is 4. The number of fused-ring (bicyclic) bond motifs is 2. The van der Waals surface area contributed by atoms with Crippen LogP contribution in [0.5, 0.6) is 0 Å². The summed E-state index contributed by atoms with van der Waals surface area (Å²) in [5.41, 5.74) is 17.3. The zero-order valence-corrected chi connectivity index (χ0v) is 36.2. The fourth-order valence-corrected chi connectivity index (χ4v) is 6.77. The molecule has 3 N–H and O–H groups in total. The molecule has 8 rings (SSSR count). The summed E-state index contributed by atoms with van der Waals surface area (Å²) in [6.07, 6.45) is 15.4. The molecular formula is C41H46IKN8O3. The molecule has 54 heavy (non-hydrogen) atoms. The van der Waals surface area contributed by atoms with Gasteiger partial charge in [0.25, 0.3) is 5.69 Å². The minimum Gasteiger partial charge on any atom is -1.00 e. The molecule has 4 aromatic carbocycles. The Kier molecular flexibility index (Phi) is 17.5. The van der Waals surface area contributed by atoms with Crippen LogP contribution in [-0.4, -0.2) is 72.2 Å². The van der Waals surface area contributed by atoms with Crippen LogP contribution in [0.15, 0.2) is 122 Å². The van der Waals surface area contributed by atoms with Crippen LogP contribution in [0.2, 0.25) is 0 Å². The molecule has 0 unspecified atom stereocenters. The number of nitrogens with two attached hydrogens (primary N) is 1. The molecule has 2 aliphatic heterocycles. The first-order valence-corrected chi connectivity index (χ1v) is 17.6. The number of hydrogen-bond acceptors (Lipinski definition) is 8. The zero-order chi connectivity index (χ0) is 36.3. The van der Waals surface area contributed by atoms with Crippen LogP contribution in [0.3, 0.4) is 0 Å². The number of anilines is 1. The molecule has 0 saturated carbocycles. The van der Waals surface area contributed by atoms with E-state index < -0.39 is 0 Å². The van der Waals surface area contributed by atoms with E-state index in [-0.39, 0.29) is 86.0 Å². The van der Waals surface area contributed by atoms with Gasteiger partial charge >= 0.3 is 51.4 Å². The maximum Gasteiger partial charge on any atom is 1.00 e. The predicted octanol–water partition coefficient (Wildman–Crippen LogP) is 0.0531. The monoisotopic (exact) mass is 864 g/mol. The van der Waals surface area contributed by atoms with Crippen LogP contribution in [0.4, 0.5) is 11.4 Å². The number of imidazole rings is 2. The number of hydrogen-bond donors (Lipinski definition) is 2. The summed E-state index contributed by atoms with van der Waals surface area (Å²) in [7, 11) is 1.00. The van der Waals surface area contributed by atoms with Crippen molar-refractivity contribution in [3.8, 4) is 11.4 Å². The molecule has 0 aliphatic carbocycles. The first kappa shape index (κ1) is 43.5. The smallest absolute Gasteiger partial charge is 1.00 e. The summed E-state index contributed by atoms with van der Waals surface area (Å²) in [6.45, 7) is 6.19. The largest absolute Gasteiger partial charge is 1.00 e. The van der Waals surface area contributed by atoms with Gasteiger partial charge in [-0.05, 0) is 95.5 Å². The van der Waals surface area contributed by atoms with E-state index in [1.54, 1.807) is 18.3 Å². The summed E-state index contributed by atoms with van der Waals surface area (Å²) in [6, 6.07) is 28.5. The van der Waals surface area contributed by atoms with Crippen LogP contribution in [0, 0.1) is 10.1 Å². The van der Waals surface area contributed by atoms with Crippen molar-refractivity contribution in [2.45, 2.75) is 38.8 Å². The Labute approximate surface area is 376 Å². The van der Waals surface area contributed by atoms with Gasteiger partial charge in [-0.25, -0.2) is 9.97 Å². The number of nitro groups is 1. The number of benzene rings is 4. The number of non-ortho nitro benzene ring substituents is 1. The average molecular weight is 865 g/mol. The number of aliphatic hydroxyl groups excluding tert-OH is 1. The van der Waals surface area contributed by atoms with Gasteiger partial charge in [0.2, 0.25) is 0 Å². The molecule has 0 atom stereocenters. The Morgan fingerprint density at radius 2 is 1.13 bits per heavy atom. The molecule has 0 spiro atoms. The molecule has 0 bridgehead atoms. The molecule has 0 fully saturated rings. The minimum absolute atomic E-state index is 0. The zero-order valence-electron chi connectivity index (χ0n) is 31.0. The van der Waals surface area contributed by atoms with E-state index in [4.69, 9.17) is 10.8 Å². The second-order valence-corrected chi connectivity index (χ2v) is 13.1. The number of halogens is 1. The second kappa shape index (κ2) is 21.7. The normalized spacial score (nSPS) is 13.4. The van der Waals surface area contributed by atoms with Crippen molar-refractivity contribution in [3.05, 3.63) is 166 Å². The summed E-state index contributed by atoms with van der Waals surface area (Å²) in [5, 5.41) is 17.7. The van der Waals surface area contributed by atoms with E-state index in [1.807, 2.05) is 60.1 Å². The summed E-state index contributed by atoms with van der Waals surface area (Å²) < 4.78 is 4.09. The quantitative estimate of drug-likeness (QED) is 0.0687. The molecule has 6 aromatic rings. The second-order valence-electron chi connectivity index (χ2n) is 13.1. The van der Waals surface area contributed by atoms with E-state index in [9.17, 15) is 10.1 Å². The van der Waals surface area contributed by atoms with E-state index in [2.05, 4.69) is 72.9 Å². The number of nitro benzene ring substituents is 1. The predicted molar refractivity (Wildman–Crippen MR) is 205 cm³/mol. The van der Waals surface area contributed by atoms with Crippen molar-refractivity contribution < 1.29 is 85.4 Å². The molecule has 11 nitrogen and oxygen atoms in total. The van der Waals surface area contributed by atoms with E-state index in [1.165, 1.54) is 33.5 Å². The Balaban J connectivity index is 0.000000223. The average Bonchev–Trinajstić information content (AvgIpc) is 3.94. The third kappa shape index (κ3) is 11.9. The topological polar surface area (TPSA) is 132 Å². The summed E-state index contributed by atoms with van der Waals surface area (Å²) in [5.74, 6) is 0. The number of rotatable bonds is 9. The first-order chi connectivity index (χ1) is 25.5. The van der Waals surface area contributed by atoms with Gasteiger partial charge in [-0.1, -0.05) is 36.4 Å². The van der Waals surface area contributed by atoms with Crippen molar-refractivity contribution in [2.24, 2.45) is 0 Å². The van der Waals surface area contributed by atoms with Crippen molar-refractivity contribution in [1.82, 2.24) is 28.9 Å². The van der Waals surface area contributed by atoms with Gasteiger partial charge in [-0.3, -0.25) is 19.9 Å². The molecule has 0 amide bonds. The van der Waals surface area contributed by atoms with Crippen LogP contribution in [0.25, 0.3) is 11.4 Å². The van der Waals surface area contributed by atoms with Crippen LogP contribution < -0.4 is 81.1 Å². The number of nitrogens with zero attached hydrogens (tertiary/aromatic N) is 7. The molecule has 276 valence electrons. The number of nitrogen functional groups attached to an aromatic ring is 1. The number of aliphatic hydroxyl groups is 1. The van der Waals surface area contributed by atoms with Crippen LogP contribution >= 0.6 is 0 Å². The van der Waals surface area contributed by atoms with Crippen molar-refractivity contribution in [2.75, 3.05) is 39.0 Å². The van der Waals surface area contributed by atoms with Gasteiger partial charge in [0, 0.05) is 100 Å². The SMILES string of the molecule is CO.Nc1ccc(CCN2CCc3cc(-n4ccnc4)ccc3C2)cc1.O=[N+]([O-])c1ccc(CCN2CCc3cc(-n4ccnc4)ccc3C2)cc1.[I-].[K+]. The Bertz CT molecular complexity index is 2030. The van der Waals surface area contributed by atoms with E-state index >= 15 is 0 Å². The molecule has 0 radical (unpaired) electrons. The maximum absolute atomic E-state index is 10.7. The summed E-state index contributed by atoms with van der Waals surface area (Å²) in [4.78, 5) is 23.6. The molecule has 4 heterocycles. The van der Waals surface area contributed by atoms with Crippen molar-refractivity contribution in [3.63, 3.8) is 0 Å². The fourth-order valence-electron chi connectivity index (χ4n) is 6.77. The molecule has 2 aromatic heterocycles. The molecule has 0 saturated heterocycles. The Morgan fingerprint density at radius 3 is 1.54 bits per heavy atom. The van der Waals surface area contributed by atoms with Crippen molar-refractivity contribution in [1.29, 1.82) is 0 Å². The van der Waals surface area contributed by atoms with E-state index in [0.717, 1.165) is 89.0 Å². The van der Waals surface area contributed by atoms with Crippen molar-refractivity contribution >= 4 is 11.4 Å². The fraction of sp³-hybridized carbons (Fsp3) is 0.268. The Morgan fingerprint density at radius 1 is 0.685 bits per heavy atom. The van der Waals surface area contributed by atoms with Gasteiger partial charge in [0.15, 0.2) is 0 Å². The standard InChI is InChI=1S/C20H20N4O2.C20H22N4.CH4O.HI.K/c25-24(26)19-4-1-16(2-5-19)7-10-22-11-8-17-13-20(6-3-18(17)14-22)23-12-9-21-15-23;21-19-4-1-16(2-5-19)7-10-23-11-8-17-13-20(6-3-18(17)14-23)24-12-9-22-15-24;1-2;;/h1-6,9,12-13,15H,7-8,10-11,14H2;1-6,9,12-13,15H,7-8,10-11,14,21H2;2H,1H3;1H;/q;;;;+1/p-1. The minimum atomic E-state index is -0.358. The summed E-state index contributed by atoms with van der Waals surface area (Å²) >= 11 is 0.